The van der Waals surface area contributed by atoms with Crippen molar-refractivity contribution in [2.45, 2.75) is 33.0 Å². The van der Waals surface area contributed by atoms with Crippen LogP contribution in [0.2, 0.25) is 0 Å². The molecule has 8 nitrogen and oxygen atoms in total. The second kappa shape index (κ2) is 9.64. The van der Waals surface area contributed by atoms with E-state index in [1.165, 1.54) is 23.0 Å². The summed E-state index contributed by atoms with van der Waals surface area (Å²) >= 11 is 0. The molecule has 0 atom stereocenters. The normalized spacial score (nSPS) is 11.1. The Morgan fingerprint density at radius 3 is 2.52 bits per heavy atom. The Morgan fingerprint density at radius 1 is 1.03 bits per heavy atom. The summed E-state index contributed by atoms with van der Waals surface area (Å²) in [6.45, 7) is 2.43. The lowest BCUT2D eigenvalue weighted by Gasteiger charge is -2.13. The molecule has 1 N–H and O–H groups in total. The molecule has 4 aromatic rings. The van der Waals surface area contributed by atoms with Crippen LogP contribution in [0.3, 0.4) is 0 Å². The molecule has 0 radical (unpaired) electrons. The minimum atomic E-state index is -0.599. The molecule has 1 amide bonds. The van der Waals surface area contributed by atoms with Crippen LogP contribution in [0, 0.1) is 5.82 Å². The second-order valence-electron chi connectivity index (χ2n) is 7.68. The Kier molecular flexibility index (Phi) is 6.48. The SMILES string of the molecule is CCn1cnc2c1c(=O)n(CC(=O)NCCc1cccc(F)c1)c(=O)n2Cc1ccccc1. The molecule has 0 bridgehead atoms. The Morgan fingerprint density at radius 2 is 1.79 bits per heavy atom. The predicted octanol–water partition coefficient (Wildman–Crippen LogP) is 1.93. The fraction of sp³-hybridized carbons (Fsp3) is 0.250. The topological polar surface area (TPSA) is 90.9 Å². The van der Waals surface area contributed by atoms with E-state index in [2.05, 4.69) is 10.3 Å². The average Bonchev–Trinajstić information content (AvgIpc) is 3.24. The molecule has 0 aliphatic carbocycles. The number of hydrogen-bond donors (Lipinski definition) is 1. The molecule has 0 spiro atoms. The molecule has 170 valence electrons. The Hall–Kier alpha value is -4.01. The molecule has 0 fully saturated rings. The van der Waals surface area contributed by atoms with Gasteiger partial charge in [-0.3, -0.25) is 14.2 Å². The quantitative estimate of drug-likeness (QED) is 0.445. The number of rotatable bonds is 8. The monoisotopic (exact) mass is 449 g/mol. The summed E-state index contributed by atoms with van der Waals surface area (Å²) < 4.78 is 17.3. The third kappa shape index (κ3) is 4.77. The molecule has 0 aliphatic heterocycles. The number of halogens is 1. The number of nitrogens with zero attached hydrogens (tertiary/aromatic N) is 4. The number of carbonyl (C=O) groups excluding carboxylic acids is 1. The maximum atomic E-state index is 13.3. The Bertz CT molecular complexity index is 1410. The lowest BCUT2D eigenvalue weighted by molar-refractivity contribution is -0.121. The number of aromatic nitrogens is 4. The zero-order valence-corrected chi connectivity index (χ0v) is 18.2. The molecule has 33 heavy (non-hydrogen) atoms. The standard InChI is InChI=1S/C24H24FN5O3/c1-2-28-16-27-22-21(28)23(32)30(24(33)29(22)14-18-7-4-3-5-8-18)15-20(31)26-12-11-17-9-6-10-19(25)13-17/h3-10,13,16H,2,11-12,14-15H2,1H3,(H,26,31). The van der Waals surface area contributed by atoms with Crippen molar-refractivity contribution in [3.8, 4) is 0 Å². The fourth-order valence-electron chi connectivity index (χ4n) is 3.76. The van der Waals surface area contributed by atoms with Gasteiger partial charge in [0.15, 0.2) is 11.2 Å². The van der Waals surface area contributed by atoms with Gasteiger partial charge < -0.3 is 9.88 Å². The molecule has 2 aromatic heterocycles. The van der Waals surface area contributed by atoms with E-state index in [0.717, 1.165) is 15.7 Å². The van der Waals surface area contributed by atoms with Crippen molar-refractivity contribution >= 4 is 17.1 Å². The van der Waals surface area contributed by atoms with Crippen molar-refractivity contribution in [3.63, 3.8) is 0 Å². The minimum absolute atomic E-state index is 0.221. The number of nitrogens with one attached hydrogen (secondary N) is 1. The summed E-state index contributed by atoms with van der Waals surface area (Å²) in [4.78, 5) is 43.2. The number of amides is 1. The van der Waals surface area contributed by atoms with Crippen molar-refractivity contribution < 1.29 is 9.18 Å². The summed E-state index contributed by atoms with van der Waals surface area (Å²) in [5.74, 6) is -0.816. The van der Waals surface area contributed by atoms with E-state index in [9.17, 15) is 18.8 Å². The number of fused-ring (bicyclic) bond motifs is 1. The van der Waals surface area contributed by atoms with Gasteiger partial charge >= 0.3 is 5.69 Å². The van der Waals surface area contributed by atoms with Gasteiger partial charge in [0, 0.05) is 13.1 Å². The van der Waals surface area contributed by atoms with Gasteiger partial charge in [-0.25, -0.2) is 18.7 Å². The van der Waals surface area contributed by atoms with Crippen molar-refractivity contribution in [3.05, 3.63) is 98.7 Å². The zero-order valence-electron chi connectivity index (χ0n) is 18.2. The van der Waals surface area contributed by atoms with E-state index in [1.54, 1.807) is 16.7 Å². The first-order valence-electron chi connectivity index (χ1n) is 10.7. The molecule has 0 saturated carbocycles. The summed E-state index contributed by atoms with van der Waals surface area (Å²) in [6.07, 6.45) is 1.95. The summed E-state index contributed by atoms with van der Waals surface area (Å²) in [5.41, 5.74) is 1.03. The molecular formula is C24H24FN5O3. The molecular weight excluding hydrogens is 425 g/mol. The smallest absolute Gasteiger partial charge is 0.333 e. The van der Waals surface area contributed by atoms with Gasteiger partial charge in [-0.1, -0.05) is 42.5 Å². The van der Waals surface area contributed by atoms with Crippen LogP contribution in [0.4, 0.5) is 4.39 Å². The molecule has 2 aromatic carbocycles. The van der Waals surface area contributed by atoms with E-state index in [0.29, 0.717) is 18.6 Å². The first kappa shape index (κ1) is 22.2. The van der Waals surface area contributed by atoms with Gasteiger partial charge in [0.1, 0.15) is 12.4 Å². The largest absolute Gasteiger partial charge is 0.354 e. The van der Waals surface area contributed by atoms with Crippen molar-refractivity contribution in [1.82, 2.24) is 24.0 Å². The van der Waals surface area contributed by atoms with Gasteiger partial charge in [0.05, 0.1) is 12.9 Å². The number of aryl methyl sites for hydroxylation is 1. The van der Waals surface area contributed by atoms with Gasteiger partial charge in [-0.2, -0.15) is 0 Å². The highest BCUT2D eigenvalue weighted by molar-refractivity contribution is 5.76. The van der Waals surface area contributed by atoms with Crippen LogP contribution in [-0.4, -0.2) is 31.1 Å². The van der Waals surface area contributed by atoms with Crippen molar-refractivity contribution in [2.75, 3.05) is 6.54 Å². The van der Waals surface area contributed by atoms with Gasteiger partial charge in [0.25, 0.3) is 5.56 Å². The third-order valence-corrected chi connectivity index (χ3v) is 5.43. The Balaban J connectivity index is 1.61. The van der Waals surface area contributed by atoms with Crippen LogP contribution in [0.25, 0.3) is 11.2 Å². The minimum Gasteiger partial charge on any atom is -0.354 e. The second-order valence-corrected chi connectivity index (χ2v) is 7.68. The predicted molar refractivity (Wildman–Crippen MR) is 123 cm³/mol. The lowest BCUT2D eigenvalue weighted by atomic mass is 10.1. The number of benzene rings is 2. The molecule has 0 aliphatic rings. The fourth-order valence-corrected chi connectivity index (χ4v) is 3.76. The van der Waals surface area contributed by atoms with Gasteiger partial charge in [-0.05, 0) is 36.6 Å². The van der Waals surface area contributed by atoms with Crippen LogP contribution >= 0.6 is 0 Å². The zero-order chi connectivity index (χ0) is 23.4. The molecule has 9 heteroatoms. The first-order chi connectivity index (χ1) is 16.0. The molecule has 0 unspecified atom stereocenters. The van der Waals surface area contributed by atoms with Crippen molar-refractivity contribution in [2.24, 2.45) is 0 Å². The van der Waals surface area contributed by atoms with E-state index in [1.807, 2.05) is 37.3 Å². The van der Waals surface area contributed by atoms with E-state index >= 15 is 0 Å². The highest BCUT2D eigenvalue weighted by atomic mass is 19.1. The highest BCUT2D eigenvalue weighted by Crippen LogP contribution is 2.09. The molecule has 4 rings (SSSR count). The third-order valence-electron chi connectivity index (χ3n) is 5.43. The lowest BCUT2D eigenvalue weighted by Crippen LogP contribution is -2.44. The van der Waals surface area contributed by atoms with Crippen LogP contribution in [0.5, 0.6) is 0 Å². The number of imidazole rings is 1. The summed E-state index contributed by atoms with van der Waals surface area (Å²) in [7, 11) is 0. The molecule has 0 saturated heterocycles. The maximum absolute atomic E-state index is 13.3. The van der Waals surface area contributed by atoms with E-state index < -0.39 is 23.7 Å². The van der Waals surface area contributed by atoms with Crippen molar-refractivity contribution in [1.29, 1.82) is 0 Å². The van der Waals surface area contributed by atoms with Crippen LogP contribution in [0.1, 0.15) is 18.1 Å². The van der Waals surface area contributed by atoms with Crippen LogP contribution in [-0.2, 0) is 30.8 Å². The van der Waals surface area contributed by atoms with E-state index in [-0.39, 0.29) is 24.4 Å². The van der Waals surface area contributed by atoms with Crippen LogP contribution in [0.15, 0.2) is 70.5 Å². The van der Waals surface area contributed by atoms with Gasteiger partial charge in [0.2, 0.25) is 5.91 Å². The summed E-state index contributed by atoms with van der Waals surface area (Å²) in [6, 6.07) is 15.5. The van der Waals surface area contributed by atoms with Crippen LogP contribution < -0.4 is 16.6 Å². The molecule has 2 heterocycles. The first-order valence-corrected chi connectivity index (χ1v) is 10.7. The number of carbonyl (C=O) groups is 1. The van der Waals surface area contributed by atoms with Gasteiger partial charge in [-0.15, -0.1) is 0 Å². The highest BCUT2D eigenvalue weighted by Gasteiger charge is 2.19. The summed E-state index contributed by atoms with van der Waals surface area (Å²) in [5, 5.41) is 2.70. The maximum Gasteiger partial charge on any atom is 0.333 e. The Labute approximate surface area is 188 Å². The number of hydrogen-bond acceptors (Lipinski definition) is 4. The average molecular weight is 449 g/mol. The van der Waals surface area contributed by atoms with E-state index in [4.69, 9.17) is 0 Å².